The van der Waals surface area contributed by atoms with E-state index in [1.165, 1.54) is 0 Å². The molecular formula is C21H21N5O3. The van der Waals surface area contributed by atoms with Crippen LogP contribution in [0.2, 0.25) is 0 Å². The maximum atomic E-state index is 12.8. The van der Waals surface area contributed by atoms with E-state index in [-0.39, 0.29) is 25.5 Å². The van der Waals surface area contributed by atoms with Crippen molar-refractivity contribution in [3.63, 3.8) is 0 Å². The number of aromatic nitrogens is 3. The predicted molar refractivity (Wildman–Crippen MR) is 108 cm³/mol. The molecular weight excluding hydrogens is 370 g/mol. The molecule has 3 heterocycles. The molecule has 0 aliphatic carbocycles. The third-order valence-electron chi connectivity index (χ3n) is 4.49. The van der Waals surface area contributed by atoms with Gasteiger partial charge in [0.1, 0.15) is 6.61 Å². The summed E-state index contributed by atoms with van der Waals surface area (Å²) < 4.78 is 5.94. The van der Waals surface area contributed by atoms with Gasteiger partial charge in [-0.25, -0.2) is 0 Å². The molecule has 2 aromatic heterocycles. The predicted octanol–water partition coefficient (Wildman–Crippen LogP) is 2.38. The number of carbonyl (C=O) groups excluding carboxylic acids is 1. The van der Waals surface area contributed by atoms with E-state index < -0.39 is 0 Å². The van der Waals surface area contributed by atoms with E-state index in [4.69, 9.17) is 9.84 Å². The first kappa shape index (κ1) is 18.8. The summed E-state index contributed by atoms with van der Waals surface area (Å²) >= 11 is 0. The molecule has 0 spiro atoms. The van der Waals surface area contributed by atoms with Crippen molar-refractivity contribution in [1.29, 1.82) is 0 Å². The Bertz CT molecular complexity index is 1030. The van der Waals surface area contributed by atoms with Crippen LogP contribution >= 0.6 is 0 Å². The van der Waals surface area contributed by atoms with Crippen LogP contribution in [0.25, 0.3) is 0 Å². The maximum absolute atomic E-state index is 12.8. The number of aliphatic hydroxyl groups is 1. The van der Waals surface area contributed by atoms with E-state index in [1.54, 1.807) is 17.3 Å². The Hall–Kier alpha value is -3.52. The second-order valence-corrected chi connectivity index (χ2v) is 6.70. The number of nitrogens with one attached hydrogen (secondary N) is 1. The van der Waals surface area contributed by atoms with Crippen LogP contribution in [0.15, 0.2) is 48.8 Å². The van der Waals surface area contributed by atoms with Crippen molar-refractivity contribution in [2.45, 2.75) is 20.0 Å². The highest BCUT2D eigenvalue weighted by molar-refractivity contribution is 6.07. The fourth-order valence-corrected chi connectivity index (χ4v) is 3.17. The SMILES string of the molecule is Cc1cccc(N2C(=O)Cc3c(OCc4cccnc4)nc(NCCO)nc32)c1. The smallest absolute Gasteiger partial charge is 0.237 e. The van der Waals surface area contributed by atoms with E-state index in [2.05, 4.69) is 20.3 Å². The summed E-state index contributed by atoms with van der Waals surface area (Å²) in [6, 6.07) is 11.4. The Balaban J connectivity index is 1.72. The fourth-order valence-electron chi connectivity index (χ4n) is 3.17. The molecule has 1 amide bonds. The average molecular weight is 391 g/mol. The first-order chi connectivity index (χ1) is 14.2. The number of nitrogens with zero attached hydrogens (tertiary/aromatic N) is 4. The van der Waals surface area contributed by atoms with Gasteiger partial charge in [-0.2, -0.15) is 9.97 Å². The van der Waals surface area contributed by atoms with Crippen LogP contribution in [0.5, 0.6) is 5.88 Å². The van der Waals surface area contributed by atoms with E-state index in [1.807, 2.05) is 43.3 Å². The third-order valence-corrected chi connectivity index (χ3v) is 4.49. The van der Waals surface area contributed by atoms with Crippen LogP contribution in [0.1, 0.15) is 16.7 Å². The lowest BCUT2D eigenvalue weighted by Crippen LogP contribution is -2.22. The number of ether oxygens (including phenoxy) is 1. The molecule has 29 heavy (non-hydrogen) atoms. The highest BCUT2D eigenvalue weighted by Gasteiger charge is 2.34. The number of pyridine rings is 1. The first-order valence-electron chi connectivity index (χ1n) is 9.32. The van der Waals surface area contributed by atoms with Gasteiger partial charge in [0, 0.05) is 24.5 Å². The molecule has 0 radical (unpaired) electrons. The van der Waals surface area contributed by atoms with Gasteiger partial charge >= 0.3 is 0 Å². The molecule has 1 aliphatic heterocycles. The van der Waals surface area contributed by atoms with Crippen molar-refractivity contribution in [2.24, 2.45) is 0 Å². The number of aliphatic hydroxyl groups excluding tert-OH is 1. The molecule has 1 aromatic carbocycles. The molecule has 0 bridgehead atoms. The summed E-state index contributed by atoms with van der Waals surface area (Å²) in [4.78, 5) is 27.4. The van der Waals surface area contributed by atoms with Crippen LogP contribution in [-0.4, -0.2) is 39.1 Å². The van der Waals surface area contributed by atoms with E-state index >= 15 is 0 Å². The molecule has 3 aromatic rings. The number of amides is 1. The molecule has 4 rings (SSSR count). The average Bonchev–Trinajstić information content (AvgIpc) is 3.07. The Kier molecular flexibility index (Phi) is 5.35. The second-order valence-electron chi connectivity index (χ2n) is 6.70. The van der Waals surface area contributed by atoms with Gasteiger partial charge in [0.05, 0.1) is 24.3 Å². The van der Waals surface area contributed by atoms with Gasteiger partial charge in [-0.05, 0) is 30.7 Å². The van der Waals surface area contributed by atoms with E-state index in [0.29, 0.717) is 29.8 Å². The second kappa shape index (κ2) is 8.24. The van der Waals surface area contributed by atoms with Crippen LogP contribution < -0.4 is 15.0 Å². The van der Waals surface area contributed by atoms with Gasteiger partial charge in [0.25, 0.3) is 0 Å². The van der Waals surface area contributed by atoms with E-state index in [0.717, 1.165) is 16.8 Å². The minimum Gasteiger partial charge on any atom is -0.472 e. The number of rotatable bonds is 7. The van der Waals surface area contributed by atoms with Crippen LogP contribution in [-0.2, 0) is 17.8 Å². The van der Waals surface area contributed by atoms with Crippen molar-refractivity contribution < 1.29 is 14.6 Å². The van der Waals surface area contributed by atoms with E-state index in [9.17, 15) is 4.79 Å². The zero-order valence-electron chi connectivity index (χ0n) is 16.0. The van der Waals surface area contributed by atoms with Crippen LogP contribution in [0.3, 0.4) is 0 Å². The first-order valence-corrected chi connectivity index (χ1v) is 9.32. The number of hydrogen-bond donors (Lipinski definition) is 2. The number of fused-ring (bicyclic) bond motifs is 1. The van der Waals surface area contributed by atoms with Crippen LogP contribution in [0, 0.1) is 6.92 Å². The zero-order valence-corrected chi connectivity index (χ0v) is 16.0. The Morgan fingerprint density at radius 2 is 2.14 bits per heavy atom. The summed E-state index contributed by atoms with van der Waals surface area (Å²) in [7, 11) is 0. The molecule has 0 atom stereocenters. The minimum absolute atomic E-state index is 0.0627. The highest BCUT2D eigenvalue weighted by Crippen LogP contribution is 2.39. The van der Waals surface area contributed by atoms with Crippen molar-refractivity contribution in [3.8, 4) is 5.88 Å². The lowest BCUT2D eigenvalue weighted by molar-refractivity contribution is -0.116. The molecule has 0 saturated carbocycles. The van der Waals surface area contributed by atoms with Gasteiger partial charge in [-0.15, -0.1) is 0 Å². The van der Waals surface area contributed by atoms with Crippen molar-refractivity contribution in [2.75, 3.05) is 23.4 Å². The molecule has 2 N–H and O–H groups in total. The van der Waals surface area contributed by atoms with Gasteiger partial charge in [-0.3, -0.25) is 14.7 Å². The lowest BCUT2D eigenvalue weighted by Gasteiger charge is -2.18. The largest absolute Gasteiger partial charge is 0.472 e. The minimum atomic E-state index is -0.0922. The molecule has 8 heteroatoms. The monoisotopic (exact) mass is 391 g/mol. The number of anilines is 3. The number of aryl methyl sites for hydroxylation is 1. The number of benzene rings is 1. The number of carbonyl (C=O) groups is 1. The van der Waals surface area contributed by atoms with Gasteiger partial charge in [-0.1, -0.05) is 18.2 Å². The Morgan fingerprint density at radius 3 is 2.90 bits per heavy atom. The van der Waals surface area contributed by atoms with Crippen molar-refractivity contribution in [3.05, 3.63) is 65.5 Å². The standard InChI is InChI=1S/C21H21N5O3/c1-14-4-2-6-16(10-14)26-18(28)11-17-19(26)24-21(23-8-9-27)25-20(17)29-13-15-5-3-7-22-12-15/h2-7,10,12,27H,8-9,11,13H2,1H3,(H,23,24,25). The Morgan fingerprint density at radius 1 is 1.24 bits per heavy atom. The van der Waals surface area contributed by atoms with Gasteiger partial charge in [0.15, 0.2) is 5.82 Å². The fraction of sp³-hybridized carbons (Fsp3) is 0.238. The highest BCUT2D eigenvalue weighted by atomic mass is 16.5. The van der Waals surface area contributed by atoms with Crippen LogP contribution in [0.4, 0.5) is 17.5 Å². The Labute approximate surface area is 168 Å². The summed E-state index contributed by atoms with van der Waals surface area (Å²) in [6.07, 6.45) is 3.57. The molecule has 148 valence electrons. The summed E-state index contributed by atoms with van der Waals surface area (Å²) in [5.74, 6) is 1.05. The van der Waals surface area contributed by atoms with Crippen molar-refractivity contribution >= 4 is 23.4 Å². The molecule has 8 nitrogen and oxygen atoms in total. The topological polar surface area (TPSA) is 100 Å². The zero-order chi connectivity index (χ0) is 20.2. The maximum Gasteiger partial charge on any atom is 0.237 e. The van der Waals surface area contributed by atoms with Crippen molar-refractivity contribution in [1.82, 2.24) is 15.0 Å². The summed E-state index contributed by atoms with van der Waals surface area (Å²) in [5.41, 5.74) is 3.34. The number of hydrogen-bond acceptors (Lipinski definition) is 7. The molecule has 0 saturated heterocycles. The van der Waals surface area contributed by atoms with Gasteiger partial charge < -0.3 is 15.2 Å². The lowest BCUT2D eigenvalue weighted by atomic mass is 10.2. The molecule has 0 fully saturated rings. The molecule has 1 aliphatic rings. The summed E-state index contributed by atoms with van der Waals surface area (Å²) in [6.45, 7) is 2.48. The normalized spacial score (nSPS) is 12.8. The third kappa shape index (κ3) is 4.02. The quantitative estimate of drug-likeness (QED) is 0.638. The molecule has 0 unspecified atom stereocenters. The van der Waals surface area contributed by atoms with Gasteiger partial charge in [0.2, 0.25) is 17.7 Å². The summed E-state index contributed by atoms with van der Waals surface area (Å²) in [5, 5.41) is 12.1.